The van der Waals surface area contributed by atoms with Crippen molar-refractivity contribution in [3.63, 3.8) is 0 Å². The molecule has 1 aliphatic carbocycles. The second-order valence-corrected chi connectivity index (χ2v) is 10.2. The van der Waals surface area contributed by atoms with Crippen LogP contribution in [0.5, 0.6) is 0 Å². The monoisotopic (exact) mass is 425 g/mol. The molecular formula is C25H35N3O3. The molecule has 1 aromatic heterocycles. The van der Waals surface area contributed by atoms with Crippen LogP contribution in [0.3, 0.4) is 0 Å². The molecule has 2 atom stereocenters. The van der Waals surface area contributed by atoms with E-state index in [1.54, 1.807) is 0 Å². The Morgan fingerprint density at radius 1 is 1.16 bits per heavy atom. The Hall–Kier alpha value is -2.37. The van der Waals surface area contributed by atoms with Crippen molar-refractivity contribution in [3.8, 4) is 0 Å². The first-order valence-corrected chi connectivity index (χ1v) is 11.7. The van der Waals surface area contributed by atoms with Crippen LogP contribution in [0, 0.1) is 11.8 Å². The molecule has 4 rings (SSSR count). The number of likely N-dealkylation sites (tertiary alicyclic amines) is 1. The second-order valence-electron chi connectivity index (χ2n) is 10.2. The van der Waals surface area contributed by atoms with Crippen molar-refractivity contribution < 1.29 is 14.1 Å². The Morgan fingerprint density at radius 3 is 2.61 bits per heavy atom. The molecule has 0 spiro atoms. The number of amides is 1. The van der Waals surface area contributed by atoms with Gasteiger partial charge in [0.05, 0.1) is 0 Å². The van der Waals surface area contributed by atoms with E-state index in [4.69, 9.17) is 9.26 Å². The highest BCUT2D eigenvalue weighted by Gasteiger charge is 2.42. The molecule has 1 aliphatic heterocycles. The van der Waals surface area contributed by atoms with Gasteiger partial charge in [0, 0.05) is 13.0 Å². The first-order chi connectivity index (χ1) is 14.9. The molecule has 0 bridgehead atoms. The molecule has 6 heteroatoms. The average Bonchev–Trinajstić information content (AvgIpc) is 3.31. The molecular weight excluding hydrogens is 390 g/mol. The summed E-state index contributed by atoms with van der Waals surface area (Å²) in [6.07, 6.45) is 8.47. The molecule has 1 saturated carbocycles. The molecule has 2 heterocycles. The summed E-state index contributed by atoms with van der Waals surface area (Å²) in [5.74, 6) is 2.55. The van der Waals surface area contributed by atoms with Crippen LogP contribution in [0.25, 0.3) is 0 Å². The summed E-state index contributed by atoms with van der Waals surface area (Å²) in [5.41, 5.74) is 0.794. The number of aromatic nitrogens is 2. The van der Waals surface area contributed by atoms with E-state index in [1.807, 2.05) is 31.7 Å². The minimum atomic E-state index is -0.523. The van der Waals surface area contributed by atoms with Gasteiger partial charge in [-0.3, -0.25) is 4.90 Å². The summed E-state index contributed by atoms with van der Waals surface area (Å²) in [6.45, 7) is 6.42. The Morgan fingerprint density at radius 2 is 1.94 bits per heavy atom. The Kier molecular flexibility index (Phi) is 6.63. The number of hydrogen-bond donors (Lipinski definition) is 0. The van der Waals surface area contributed by atoms with Crippen LogP contribution in [0.1, 0.15) is 82.6 Å². The largest absolute Gasteiger partial charge is 0.444 e. The van der Waals surface area contributed by atoms with E-state index in [0.29, 0.717) is 18.4 Å². The zero-order chi connectivity index (χ0) is 21.8. The van der Waals surface area contributed by atoms with Gasteiger partial charge in [0.15, 0.2) is 5.82 Å². The first kappa shape index (κ1) is 21.8. The SMILES string of the molecule is CC(C)(C)OC(=O)N1C[C@@H](CC2CCC2)C[C@H]1c1nc(CCCc2ccccc2)no1. The van der Waals surface area contributed by atoms with E-state index in [2.05, 4.69) is 34.4 Å². The van der Waals surface area contributed by atoms with E-state index >= 15 is 0 Å². The lowest BCUT2D eigenvalue weighted by atomic mass is 9.78. The highest BCUT2D eigenvalue weighted by Crippen LogP contribution is 2.42. The summed E-state index contributed by atoms with van der Waals surface area (Å²) < 4.78 is 11.3. The van der Waals surface area contributed by atoms with Crippen molar-refractivity contribution in [2.75, 3.05) is 6.54 Å². The molecule has 0 N–H and O–H groups in total. The molecule has 31 heavy (non-hydrogen) atoms. The third kappa shape index (κ3) is 5.86. The standard InChI is InChI=1S/C25H35N3O3/c1-25(2,3)30-24(29)28-17-20(15-19-12-7-13-19)16-21(28)23-26-22(27-31-23)14-8-11-18-9-5-4-6-10-18/h4-6,9-10,19-21H,7-8,11-17H2,1-3H3/t20-,21-/m0/s1. The van der Waals surface area contributed by atoms with Crippen molar-refractivity contribution in [2.24, 2.45) is 11.8 Å². The minimum absolute atomic E-state index is 0.185. The van der Waals surface area contributed by atoms with Crippen molar-refractivity contribution in [1.82, 2.24) is 15.0 Å². The number of hydrogen-bond acceptors (Lipinski definition) is 5. The molecule has 1 saturated heterocycles. The molecule has 0 radical (unpaired) electrons. The van der Waals surface area contributed by atoms with Crippen LogP contribution in [-0.2, 0) is 17.6 Å². The Bertz CT molecular complexity index is 854. The zero-order valence-electron chi connectivity index (χ0n) is 19.0. The van der Waals surface area contributed by atoms with Gasteiger partial charge in [-0.25, -0.2) is 4.79 Å². The molecule has 2 aliphatic rings. The van der Waals surface area contributed by atoms with Crippen LogP contribution >= 0.6 is 0 Å². The topological polar surface area (TPSA) is 68.5 Å². The van der Waals surface area contributed by atoms with Crippen LogP contribution in [-0.4, -0.2) is 33.3 Å². The van der Waals surface area contributed by atoms with Gasteiger partial charge in [-0.2, -0.15) is 4.98 Å². The van der Waals surface area contributed by atoms with E-state index in [1.165, 1.54) is 31.2 Å². The molecule has 2 fully saturated rings. The summed E-state index contributed by atoms with van der Waals surface area (Å²) in [6, 6.07) is 10.3. The summed E-state index contributed by atoms with van der Waals surface area (Å²) in [5, 5.41) is 4.21. The van der Waals surface area contributed by atoms with E-state index in [-0.39, 0.29) is 12.1 Å². The van der Waals surface area contributed by atoms with Crippen molar-refractivity contribution >= 4 is 6.09 Å². The van der Waals surface area contributed by atoms with Crippen LogP contribution in [0.4, 0.5) is 4.79 Å². The number of ether oxygens (including phenoxy) is 1. The van der Waals surface area contributed by atoms with Gasteiger partial charge >= 0.3 is 6.09 Å². The maximum Gasteiger partial charge on any atom is 0.410 e. The number of carbonyl (C=O) groups is 1. The predicted octanol–water partition coefficient (Wildman–Crippen LogP) is 5.73. The summed E-state index contributed by atoms with van der Waals surface area (Å²) in [4.78, 5) is 19.4. The van der Waals surface area contributed by atoms with E-state index < -0.39 is 5.60 Å². The fraction of sp³-hybridized carbons (Fsp3) is 0.640. The van der Waals surface area contributed by atoms with Gasteiger partial charge < -0.3 is 9.26 Å². The fourth-order valence-electron chi connectivity index (χ4n) is 4.65. The maximum absolute atomic E-state index is 12.9. The van der Waals surface area contributed by atoms with Crippen molar-refractivity contribution in [2.45, 2.75) is 83.8 Å². The number of rotatable bonds is 7. The molecule has 1 aromatic carbocycles. The highest BCUT2D eigenvalue weighted by molar-refractivity contribution is 5.69. The van der Waals surface area contributed by atoms with Gasteiger partial charge in [0.25, 0.3) is 0 Å². The quantitative estimate of drug-likeness (QED) is 0.566. The van der Waals surface area contributed by atoms with Gasteiger partial charge in [-0.1, -0.05) is 54.8 Å². The van der Waals surface area contributed by atoms with Crippen LogP contribution < -0.4 is 0 Å². The maximum atomic E-state index is 12.9. The Balaban J connectivity index is 1.40. The van der Waals surface area contributed by atoms with Gasteiger partial charge in [0.2, 0.25) is 5.89 Å². The third-order valence-corrected chi connectivity index (χ3v) is 6.38. The van der Waals surface area contributed by atoms with Crippen LogP contribution in [0.15, 0.2) is 34.9 Å². The second kappa shape index (κ2) is 9.41. The fourth-order valence-corrected chi connectivity index (χ4v) is 4.65. The summed E-state index contributed by atoms with van der Waals surface area (Å²) >= 11 is 0. The smallest absolute Gasteiger partial charge is 0.410 e. The molecule has 1 amide bonds. The minimum Gasteiger partial charge on any atom is -0.444 e. The molecule has 0 unspecified atom stereocenters. The van der Waals surface area contributed by atoms with Crippen molar-refractivity contribution in [3.05, 3.63) is 47.6 Å². The van der Waals surface area contributed by atoms with Crippen molar-refractivity contribution in [1.29, 1.82) is 0 Å². The third-order valence-electron chi connectivity index (χ3n) is 6.38. The molecule has 168 valence electrons. The van der Waals surface area contributed by atoms with E-state index in [9.17, 15) is 4.79 Å². The van der Waals surface area contributed by atoms with Gasteiger partial charge in [-0.05, 0) is 63.9 Å². The number of benzene rings is 1. The number of nitrogens with zero attached hydrogens (tertiary/aromatic N) is 3. The molecule has 6 nitrogen and oxygen atoms in total. The number of carbonyl (C=O) groups excluding carboxylic acids is 1. The summed E-state index contributed by atoms with van der Waals surface area (Å²) in [7, 11) is 0. The number of aryl methyl sites for hydroxylation is 2. The van der Waals surface area contributed by atoms with Gasteiger partial charge in [-0.15, -0.1) is 0 Å². The highest BCUT2D eigenvalue weighted by atomic mass is 16.6. The van der Waals surface area contributed by atoms with E-state index in [0.717, 1.165) is 37.4 Å². The lowest BCUT2D eigenvalue weighted by molar-refractivity contribution is 0.0193. The zero-order valence-corrected chi connectivity index (χ0v) is 19.0. The lowest BCUT2D eigenvalue weighted by Crippen LogP contribution is -2.37. The normalized spacial score (nSPS) is 21.8. The average molecular weight is 426 g/mol. The van der Waals surface area contributed by atoms with Gasteiger partial charge in [0.1, 0.15) is 11.6 Å². The molecule has 2 aromatic rings. The lowest BCUT2D eigenvalue weighted by Gasteiger charge is -2.28. The predicted molar refractivity (Wildman–Crippen MR) is 119 cm³/mol. The first-order valence-electron chi connectivity index (χ1n) is 11.7. The Labute approximate surface area is 185 Å². The van der Waals surface area contributed by atoms with Crippen LogP contribution in [0.2, 0.25) is 0 Å².